The van der Waals surface area contributed by atoms with Crippen molar-refractivity contribution in [1.82, 2.24) is 14.8 Å². The highest BCUT2D eigenvalue weighted by atomic mass is 32.1. The third kappa shape index (κ3) is 3.38. The number of rotatable bonds is 4. The van der Waals surface area contributed by atoms with Gasteiger partial charge in [0.1, 0.15) is 5.57 Å². The van der Waals surface area contributed by atoms with Gasteiger partial charge in [-0.15, -0.1) is 6.58 Å². The lowest BCUT2D eigenvalue weighted by Gasteiger charge is -2.28. The number of carbonyl (C=O) groups is 2. The summed E-state index contributed by atoms with van der Waals surface area (Å²) in [6, 6.07) is 2.57. The molecular weight excluding hydrogens is 346 g/mol. The van der Waals surface area contributed by atoms with E-state index in [1.165, 1.54) is 42.7 Å². The van der Waals surface area contributed by atoms with E-state index >= 15 is 0 Å². The van der Waals surface area contributed by atoms with Gasteiger partial charge in [-0.05, 0) is 56.6 Å². The van der Waals surface area contributed by atoms with Gasteiger partial charge >= 0.3 is 0 Å². The zero-order valence-electron chi connectivity index (χ0n) is 15.4. The maximum absolute atomic E-state index is 12.7. The van der Waals surface area contributed by atoms with Crippen molar-refractivity contribution in [3.05, 3.63) is 41.2 Å². The number of aromatic nitrogens is 1. The molecule has 1 aliphatic carbocycles. The van der Waals surface area contributed by atoms with Crippen molar-refractivity contribution in [2.45, 2.75) is 52.0 Å². The summed E-state index contributed by atoms with van der Waals surface area (Å²) in [5.41, 5.74) is 3.30. The van der Waals surface area contributed by atoms with E-state index in [9.17, 15) is 9.59 Å². The van der Waals surface area contributed by atoms with Crippen molar-refractivity contribution in [2.75, 3.05) is 6.54 Å². The summed E-state index contributed by atoms with van der Waals surface area (Å²) in [7, 11) is 0. The first-order valence-electron chi connectivity index (χ1n) is 9.12. The van der Waals surface area contributed by atoms with Crippen LogP contribution in [0.15, 0.2) is 24.3 Å². The molecule has 0 aromatic carbocycles. The van der Waals surface area contributed by atoms with Crippen LogP contribution in [0.1, 0.15) is 55.1 Å². The quantitative estimate of drug-likeness (QED) is 0.382. The molecule has 0 bridgehead atoms. The Morgan fingerprint density at radius 1 is 1.27 bits per heavy atom. The van der Waals surface area contributed by atoms with Crippen LogP contribution in [0.4, 0.5) is 0 Å². The van der Waals surface area contributed by atoms with Crippen LogP contribution in [-0.2, 0) is 9.59 Å². The van der Waals surface area contributed by atoms with E-state index in [1.54, 1.807) is 12.2 Å². The first kappa shape index (κ1) is 18.6. The van der Waals surface area contributed by atoms with Crippen molar-refractivity contribution < 1.29 is 9.59 Å². The maximum Gasteiger partial charge on any atom is 0.265 e. The molecule has 0 atom stereocenters. The molecular formula is C20H25N3O2S. The van der Waals surface area contributed by atoms with Crippen LogP contribution < -0.4 is 5.32 Å². The number of thiocarbonyl (C=S) groups is 1. The first-order chi connectivity index (χ1) is 12.4. The van der Waals surface area contributed by atoms with Crippen LogP contribution in [0.3, 0.4) is 0 Å². The van der Waals surface area contributed by atoms with Crippen LogP contribution in [0.2, 0.25) is 0 Å². The van der Waals surface area contributed by atoms with E-state index in [0.29, 0.717) is 6.04 Å². The Hall–Kier alpha value is -2.21. The van der Waals surface area contributed by atoms with Crippen molar-refractivity contribution in [3.8, 4) is 0 Å². The second-order valence-electron chi connectivity index (χ2n) is 7.01. The van der Waals surface area contributed by atoms with Crippen LogP contribution in [0, 0.1) is 13.8 Å². The van der Waals surface area contributed by atoms with E-state index in [4.69, 9.17) is 12.2 Å². The predicted octanol–water partition coefficient (Wildman–Crippen LogP) is 3.42. The molecule has 1 N–H and O–H groups in total. The third-order valence-electron chi connectivity index (χ3n) is 5.26. The number of hydrogen-bond donors (Lipinski definition) is 1. The Morgan fingerprint density at radius 2 is 1.96 bits per heavy atom. The fourth-order valence-electron chi connectivity index (χ4n) is 3.99. The second-order valence-corrected chi connectivity index (χ2v) is 7.40. The molecule has 6 heteroatoms. The van der Waals surface area contributed by atoms with Gasteiger partial charge in [0.2, 0.25) is 0 Å². The first-order valence-corrected chi connectivity index (χ1v) is 9.53. The summed E-state index contributed by atoms with van der Waals surface area (Å²) >= 11 is 5.09. The van der Waals surface area contributed by atoms with Crippen molar-refractivity contribution in [3.63, 3.8) is 0 Å². The lowest BCUT2D eigenvalue weighted by Crippen LogP contribution is -2.53. The van der Waals surface area contributed by atoms with E-state index < -0.39 is 5.91 Å². The molecule has 0 spiro atoms. The average molecular weight is 372 g/mol. The van der Waals surface area contributed by atoms with Gasteiger partial charge in [0.05, 0.1) is 0 Å². The van der Waals surface area contributed by atoms with Crippen molar-refractivity contribution in [2.24, 2.45) is 0 Å². The van der Waals surface area contributed by atoms with Gasteiger partial charge in [0, 0.05) is 24.0 Å². The van der Waals surface area contributed by atoms with Crippen LogP contribution in [-0.4, -0.2) is 32.9 Å². The van der Waals surface area contributed by atoms with Crippen LogP contribution in [0.5, 0.6) is 0 Å². The Labute approximate surface area is 159 Å². The number of carbonyl (C=O) groups excluding carboxylic acids is 2. The number of hydrogen-bond acceptors (Lipinski definition) is 3. The standard InChI is InChI=1S/C20H25N3O2S/c1-4-10-22-19(25)17(18(24)21-20(22)26)12-15-11-13(2)23(14(15)3)16-8-6-5-7-9-16/h4,11-12,16H,1,5-10H2,2-3H3,(H,21,24,26). The number of nitrogens with zero attached hydrogens (tertiary/aromatic N) is 2. The molecule has 5 nitrogen and oxygen atoms in total. The zero-order chi connectivity index (χ0) is 18.8. The molecule has 1 aromatic rings. The molecule has 0 radical (unpaired) electrons. The fraction of sp³-hybridized carbons (Fsp3) is 0.450. The largest absolute Gasteiger partial charge is 0.346 e. The van der Waals surface area contributed by atoms with Crippen molar-refractivity contribution >= 4 is 35.2 Å². The lowest BCUT2D eigenvalue weighted by molar-refractivity contribution is -0.128. The Balaban J connectivity index is 1.96. The zero-order valence-corrected chi connectivity index (χ0v) is 16.2. The maximum atomic E-state index is 12.7. The minimum atomic E-state index is -0.442. The highest BCUT2D eigenvalue weighted by Crippen LogP contribution is 2.33. The minimum Gasteiger partial charge on any atom is -0.346 e. The Kier molecular flexibility index (Phi) is 5.41. The average Bonchev–Trinajstić information content (AvgIpc) is 2.89. The van der Waals surface area contributed by atoms with Crippen molar-refractivity contribution in [1.29, 1.82) is 0 Å². The highest BCUT2D eigenvalue weighted by molar-refractivity contribution is 7.80. The SMILES string of the molecule is C=CCN1C(=O)C(=Cc2cc(C)n(C3CCCCC3)c2C)C(=O)NC1=S. The van der Waals surface area contributed by atoms with Gasteiger partial charge in [0.15, 0.2) is 5.11 Å². The van der Waals surface area contributed by atoms with E-state index in [-0.39, 0.29) is 23.1 Å². The summed E-state index contributed by atoms with van der Waals surface area (Å²) in [5.74, 6) is -0.816. The van der Waals surface area contributed by atoms with E-state index in [2.05, 4.69) is 36.4 Å². The van der Waals surface area contributed by atoms with Crippen LogP contribution in [0.25, 0.3) is 6.08 Å². The summed E-state index contributed by atoms with van der Waals surface area (Å²) in [6.07, 6.45) is 9.48. The van der Waals surface area contributed by atoms with E-state index in [1.807, 2.05) is 0 Å². The third-order valence-corrected chi connectivity index (χ3v) is 5.58. The molecule has 1 aromatic heterocycles. The molecule has 0 unspecified atom stereocenters. The topological polar surface area (TPSA) is 54.3 Å². The summed E-state index contributed by atoms with van der Waals surface area (Å²) in [6.45, 7) is 8.07. The molecule has 2 amide bonds. The molecule has 3 rings (SSSR count). The molecule has 1 aliphatic heterocycles. The van der Waals surface area contributed by atoms with Crippen LogP contribution >= 0.6 is 12.2 Å². The molecule has 2 heterocycles. The highest BCUT2D eigenvalue weighted by Gasteiger charge is 2.33. The smallest absolute Gasteiger partial charge is 0.265 e. The van der Waals surface area contributed by atoms with Gasteiger partial charge in [-0.2, -0.15) is 0 Å². The summed E-state index contributed by atoms with van der Waals surface area (Å²) < 4.78 is 2.36. The molecule has 138 valence electrons. The van der Waals surface area contributed by atoms with Gasteiger partial charge in [-0.1, -0.05) is 25.3 Å². The number of amides is 2. The minimum absolute atomic E-state index is 0.115. The molecule has 2 fully saturated rings. The summed E-state index contributed by atoms with van der Waals surface area (Å²) in [5, 5.41) is 2.72. The molecule has 1 saturated carbocycles. The summed E-state index contributed by atoms with van der Waals surface area (Å²) in [4.78, 5) is 26.4. The van der Waals surface area contributed by atoms with E-state index in [0.717, 1.165) is 11.3 Å². The number of aryl methyl sites for hydroxylation is 1. The molecule has 2 aliphatic rings. The second kappa shape index (κ2) is 7.58. The lowest BCUT2D eigenvalue weighted by atomic mass is 9.95. The fourth-order valence-corrected chi connectivity index (χ4v) is 4.24. The Morgan fingerprint density at radius 3 is 2.62 bits per heavy atom. The molecule has 26 heavy (non-hydrogen) atoms. The van der Waals surface area contributed by atoms with Gasteiger partial charge in [0.25, 0.3) is 11.8 Å². The van der Waals surface area contributed by atoms with Gasteiger partial charge < -0.3 is 4.57 Å². The van der Waals surface area contributed by atoms with Gasteiger partial charge in [-0.3, -0.25) is 19.8 Å². The number of nitrogens with one attached hydrogen (secondary N) is 1. The predicted molar refractivity (Wildman–Crippen MR) is 107 cm³/mol. The Bertz CT molecular complexity index is 800. The molecule has 1 saturated heterocycles. The monoisotopic (exact) mass is 371 g/mol. The van der Waals surface area contributed by atoms with Gasteiger partial charge in [-0.25, -0.2) is 0 Å². The normalized spacial score (nSPS) is 20.6.